The second kappa shape index (κ2) is 6.98. The summed E-state index contributed by atoms with van der Waals surface area (Å²) in [6.07, 6.45) is -1.28. The van der Waals surface area contributed by atoms with E-state index in [1.165, 1.54) is 5.32 Å². The summed E-state index contributed by atoms with van der Waals surface area (Å²) in [4.78, 5) is 0. The Morgan fingerprint density at radius 3 is 2.20 bits per heavy atom. The molecule has 0 aliphatic heterocycles. The first-order valence-corrected chi connectivity index (χ1v) is 2.67. The number of aliphatic hydroxyl groups is 3. The summed E-state index contributed by atoms with van der Waals surface area (Å²) in [5.41, 5.74) is 0. The van der Waals surface area contributed by atoms with Crippen molar-refractivity contribution in [2.24, 2.45) is 0 Å². The number of quaternary nitrogens is 1. The minimum Gasteiger partial charge on any atom is -1.00 e. The zero-order chi connectivity index (χ0) is 7.28. The van der Waals surface area contributed by atoms with Gasteiger partial charge in [0.15, 0.2) is 0 Å². The topological polar surface area (TPSA) is 77.3 Å². The summed E-state index contributed by atoms with van der Waals surface area (Å²) >= 11 is 0. The van der Waals surface area contributed by atoms with E-state index < -0.39 is 12.5 Å². The lowest BCUT2D eigenvalue weighted by atomic mass is 10.5. The van der Waals surface area contributed by atoms with Gasteiger partial charge in [-0.05, 0) is 6.08 Å². The van der Waals surface area contributed by atoms with Crippen LogP contribution in [0.15, 0.2) is 12.7 Å². The van der Waals surface area contributed by atoms with Gasteiger partial charge in [0.2, 0.25) is 12.5 Å². The van der Waals surface area contributed by atoms with E-state index in [4.69, 9.17) is 15.3 Å². The highest BCUT2D eigenvalue weighted by molar-refractivity contribution is 4.61. The van der Waals surface area contributed by atoms with Crippen molar-refractivity contribution in [2.45, 2.75) is 12.5 Å². The van der Waals surface area contributed by atoms with E-state index in [-0.39, 0.29) is 12.4 Å². The zero-order valence-electron chi connectivity index (χ0n) is 5.44. The largest absolute Gasteiger partial charge is 1.00 e. The molecule has 1 unspecified atom stereocenters. The summed E-state index contributed by atoms with van der Waals surface area (Å²) in [5.74, 6) is 0. The van der Waals surface area contributed by atoms with Crippen molar-refractivity contribution in [2.75, 3.05) is 6.54 Å². The molecule has 5 N–H and O–H groups in total. The van der Waals surface area contributed by atoms with E-state index in [1.807, 2.05) is 0 Å². The molecule has 0 saturated carbocycles. The molecule has 0 aromatic rings. The number of halogens is 1. The molecule has 0 radical (unpaired) electrons. The highest BCUT2D eigenvalue weighted by Gasteiger charge is 2.13. The molecule has 0 aliphatic rings. The number of nitrogens with two attached hydrogens (primary N) is 1. The van der Waals surface area contributed by atoms with Crippen LogP contribution in [0.4, 0.5) is 0 Å². The minimum absolute atomic E-state index is 0. The predicted octanol–water partition coefficient (Wildman–Crippen LogP) is -5.63. The summed E-state index contributed by atoms with van der Waals surface area (Å²) in [7, 11) is 0. The minimum atomic E-state index is -1.68. The van der Waals surface area contributed by atoms with Crippen molar-refractivity contribution in [1.82, 2.24) is 0 Å². The van der Waals surface area contributed by atoms with Crippen molar-refractivity contribution in [1.29, 1.82) is 0 Å². The lowest BCUT2D eigenvalue weighted by Gasteiger charge is -2.08. The van der Waals surface area contributed by atoms with E-state index in [0.717, 1.165) is 0 Å². The molecule has 1 atom stereocenters. The van der Waals surface area contributed by atoms with Gasteiger partial charge in [-0.2, -0.15) is 0 Å². The van der Waals surface area contributed by atoms with Crippen molar-refractivity contribution >= 4 is 0 Å². The Kier molecular flexibility index (Phi) is 8.75. The molecular formula is C5H12ClNO3. The molecule has 5 heteroatoms. The van der Waals surface area contributed by atoms with Crippen molar-refractivity contribution in [3.63, 3.8) is 0 Å². The molecule has 0 heterocycles. The van der Waals surface area contributed by atoms with Crippen LogP contribution in [0.1, 0.15) is 0 Å². The van der Waals surface area contributed by atoms with Gasteiger partial charge < -0.3 is 33.0 Å². The third kappa shape index (κ3) is 6.00. The maximum atomic E-state index is 8.65. The second-order valence-electron chi connectivity index (χ2n) is 1.66. The molecule has 10 heavy (non-hydrogen) atoms. The van der Waals surface area contributed by atoms with E-state index in [9.17, 15) is 0 Å². The summed E-state index contributed by atoms with van der Waals surface area (Å²) < 4.78 is 0. The average molecular weight is 170 g/mol. The number of hydrogen-bond donors (Lipinski definition) is 4. The van der Waals surface area contributed by atoms with Crippen molar-refractivity contribution in [3.05, 3.63) is 12.7 Å². The lowest BCUT2D eigenvalue weighted by Crippen LogP contribution is -3.00. The normalized spacial score (nSPS) is 12.4. The summed E-state index contributed by atoms with van der Waals surface area (Å²) in [5, 5.41) is 26.6. The fourth-order valence-corrected chi connectivity index (χ4v) is 0.357. The lowest BCUT2D eigenvalue weighted by molar-refractivity contribution is -0.731. The summed E-state index contributed by atoms with van der Waals surface area (Å²) in [6, 6.07) is 0. The Labute approximate surface area is 65.6 Å². The Morgan fingerprint density at radius 1 is 1.40 bits per heavy atom. The molecule has 0 aliphatic carbocycles. The Bertz CT molecular complexity index is 89.0. The SMILES string of the molecule is C=CC[NH2+]C(O)C(O)O.[Cl-]. The number of rotatable bonds is 4. The molecule has 62 valence electrons. The molecule has 0 aromatic heterocycles. The molecule has 0 aromatic carbocycles. The maximum Gasteiger partial charge on any atom is 0.240 e. The fourth-order valence-electron chi connectivity index (χ4n) is 0.357. The zero-order valence-corrected chi connectivity index (χ0v) is 6.20. The quantitative estimate of drug-likeness (QED) is 0.250. The van der Waals surface area contributed by atoms with E-state index in [0.29, 0.717) is 6.54 Å². The van der Waals surface area contributed by atoms with Gasteiger partial charge in [-0.25, -0.2) is 0 Å². The van der Waals surface area contributed by atoms with Crippen LogP contribution in [-0.4, -0.2) is 34.4 Å². The van der Waals surface area contributed by atoms with Crippen LogP contribution in [0.3, 0.4) is 0 Å². The standard InChI is InChI=1S/C5H11NO3.ClH/c1-2-3-6-4(7)5(8)9;/h2,4-9H,1,3H2;1H. The van der Waals surface area contributed by atoms with E-state index >= 15 is 0 Å². The van der Waals surface area contributed by atoms with Gasteiger partial charge in [0.1, 0.15) is 0 Å². The molecule has 0 rings (SSSR count). The van der Waals surface area contributed by atoms with Crippen LogP contribution in [0, 0.1) is 0 Å². The first-order valence-electron chi connectivity index (χ1n) is 2.67. The van der Waals surface area contributed by atoms with Crippen LogP contribution in [0.5, 0.6) is 0 Å². The van der Waals surface area contributed by atoms with Gasteiger partial charge in [0, 0.05) is 0 Å². The third-order valence-corrected chi connectivity index (χ3v) is 0.850. The highest BCUT2D eigenvalue weighted by atomic mass is 35.5. The van der Waals surface area contributed by atoms with Crippen LogP contribution < -0.4 is 17.7 Å². The molecule has 0 fully saturated rings. The van der Waals surface area contributed by atoms with Gasteiger partial charge in [0.25, 0.3) is 0 Å². The van der Waals surface area contributed by atoms with Crippen LogP contribution in [0.25, 0.3) is 0 Å². The van der Waals surface area contributed by atoms with Crippen LogP contribution in [0.2, 0.25) is 0 Å². The van der Waals surface area contributed by atoms with Gasteiger partial charge in [-0.3, -0.25) is 0 Å². The second-order valence-corrected chi connectivity index (χ2v) is 1.66. The monoisotopic (exact) mass is 169 g/mol. The summed E-state index contributed by atoms with van der Waals surface area (Å²) in [6.45, 7) is 3.86. The molecule has 0 amide bonds. The van der Waals surface area contributed by atoms with Gasteiger partial charge in [0.05, 0.1) is 6.54 Å². The van der Waals surface area contributed by atoms with E-state index in [1.54, 1.807) is 6.08 Å². The maximum absolute atomic E-state index is 8.65. The van der Waals surface area contributed by atoms with Gasteiger partial charge in [-0.1, -0.05) is 6.58 Å². The molecular weight excluding hydrogens is 158 g/mol. The van der Waals surface area contributed by atoms with Gasteiger partial charge in [-0.15, -0.1) is 0 Å². The third-order valence-electron chi connectivity index (χ3n) is 0.850. The molecule has 0 bridgehead atoms. The average Bonchev–Trinajstić information content (AvgIpc) is 1.82. The first kappa shape index (κ1) is 12.5. The highest BCUT2D eigenvalue weighted by Crippen LogP contribution is 1.73. The van der Waals surface area contributed by atoms with E-state index in [2.05, 4.69) is 6.58 Å². The Morgan fingerprint density at radius 2 is 1.90 bits per heavy atom. The predicted molar refractivity (Wildman–Crippen MR) is 31.2 cm³/mol. The first-order chi connectivity index (χ1) is 4.18. The Balaban J connectivity index is 0. The Hall–Kier alpha value is -0.130. The number of hydrogen-bond acceptors (Lipinski definition) is 3. The molecule has 4 nitrogen and oxygen atoms in total. The van der Waals surface area contributed by atoms with Crippen LogP contribution >= 0.6 is 0 Å². The smallest absolute Gasteiger partial charge is 0.240 e. The molecule has 0 saturated heterocycles. The van der Waals surface area contributed by atoms with Crippen molar-refractivity contribution in [3.8, 4) is 0 Å². The molecule has 0 spiro atoms. The van der Waals surface area contributed by atoms with Crippen LogP contribution in [-0.2, 0) is 0 Å². The number of aliphatic hydroxyl groups excluding tert-OH is 2. The van der Waals surface area contributed by atoms with Crippen molar-refractivity contribution < 1.29 is 33.0 Å². The van der Waals surface area contributed by atoms with Gasteiger partial charge >= 0.3 is 0 Å². The fraction of sp³-hybridized carbons (Fsp3) is 0.600.